The molecule has 0 saturated heterocycles. The summed E-state index contributed by atoms with van der Waals surface area (Å²) in [5.41, 5.74) is 2.02. The van der Waals surface area contributed by atoms with E-state index in [0.717, 1.165) is 5.56 Å². The third-order valence-electron chi connectivity index (χ3n) is 5.46. The zero-order chi connectivity index (χ0) is 25.0. The summed E-state index contributed by atoms with van der Waals surface area (Å²) >= 11 is 0. The highest BCUT2D eigenvalue weighted by Crippen LogP contribution is 2.11. The predicted octanol–water partition coefficient (Wildman–Crippen LogP) is 4.42. The van der Waals surface area contributed by atoms with Crippen LogP contribution in [0.1, 0.15) is 46.5 Å². The van der Waals surface area contributed by atoms with E-state index in [2.05, 4.69) is 10.6 Å². The van der Waals surface area contributed by atoms with Crippen molar-refractivity contribution < 1.29 is 19.1 Å². The molecule has 0 radical (unpaired) electrons. The average molecular weight is 473 g/mol. The Kier molecular flexibility index (Phi) is 9.60. The Morgan fingerprint density at radius 2 is 1.20 bits per heavy atom. The van der Waals surface area contributed by atoms with E-state index >= 15 is 0 Å². The zero-order valence-corrected chi connectivity index (χ0v) is 20.1. The van der Waals surface area contributed by atoms with Gasteiger partial charge in [-0.2, -0.15) is 0 Å². The van der Waals surface area contributed by atoms with Gasteiger partial charge in [0.15, 0.2) is 0 Å². The maximum absolute atomic E-state index is 13.0. The molecule has 0 heterocycles. The lowest BCUT2D eigenvalue weighted by Gasteiger charge is -2.23. The largest absolute Gasteiger partial charge is 0.462 e. The number of benzene rings is 3. The Labute approximate surface area is 206 Å². The van der Waals surface area contributed by atoms with E-state index in [1.165, 1.54) is 0 Å². The topological polar surface area (TPSA) is 84.5 Å². The van der Waals surface area contributed by atoms with Crippen LogP contribution in [0.4, 0.5) is 0 Å². The fourth-order valence-electron chi connectivity index (χ4n) is 3.71. The van der Waals surface area contributed by atoms with Crippen molar-refractivity contribution in [3.05, 3.63) is 108 Å². The van der Waals surface area contributed by atoms with Crippen LogP contribution in [0, 0.1) is 5.92 Å². The molecule has 3 aromatic carbocycles. The maximum atomic E-state index is 13.0. The van der Waals surface area contributed by atoms with E-state index in [1.54, 1.807) is 48.5 Å². The van der Waals surface area contributed by atoms with Crippen LogP contribution < -0.4 is 10.6 Å². The molecule has 0 aliphatic heterocycles. The second-order valence-corrected chi connectivity index (χ2v) is 8.88. The van der Waals surface area contributed by atoms with Gasteiger partial charge in [-0.3, -0.25) is 9.59 Å². The number of amides is 2. The zero-order valence-electron chi connectivity index (χ0n) is 20.1. The lowest BCUT2D eigenvalue weighted by molar-refractivity contribution is -0.147. The molecule has 2 unspecified atom stereocenters. The molecule has 35 heavy (non-hydrogen) atoms. The highest BCUT2D eigenvalue weighted by molar-refractivity contribution is 5.96. The number of ether oxygens (including phenoxy) is 1. The third kappa shape index (κ3) is 8.41. The van der Waals surface area contributed by atoms with Gasteiger partial charge in [0, 0.05) is 11.1 Å². The molecule has 2 N–H and O–H groups in total. The number of carbonyl (C=O) groups is 3. The molecule has 0 fully saturated rings. The summed E-state index contributed by atoms with van der Waals surface area (Å²) in [5.74, 6) is -0.915. The van der Waals surface area contributed by atoms with Crippen molar-refractivity contribution in [1.29, 1.82) is 0 Å². The second kappa shape index (κ2) is 13.1. The van der Waals surface area contributed by atoms with Gasteiger partial charge < -0.3 is 15.4 Å². The summed E-state index contributed by atoms with van der Waals surface area (Å²) in [5, 5.41) is 5.78. The molecule has 6 nitrogen and oxygen atoms in total. The number of hydrogen-bond donors (Lipinski definition) is 2. The van der Waals surface area contributed by atoms with Crippen LogP contribution in [0.2, 0.25) is 0 Å². The number of hydrogen-bond acceptors (Lipinski definition) is 4. The van der Waals surface area contributed by atoms with E-state index in [4.69, 9.17) is 4.74 Å². The molecule has 0 spiro atoms. The first-order valence-electron chi connectivity index (χ1n) is 11.8. The normalized spacial score (nSPS) is 12.4. The van der Waals surface area contributed by atoms with Gasteiger partial charge in [0.1, 0.15) is 12.6 Å². The summed E-state index contributed by atoms with van der Waals surface area (Å²) < 4.78 is 5.64. The van der Waals surface area contributed by atoms with Gasteiger partial charge in [-0.05, 0) is 48.6 Å². The molecule has 0 saturated carbocycles. The van der Waals surface area contributed by atoms with Crippen molar-refractivity contribution in [1.82, 2.24) is 10.6 Å². The van der Waals surface area contributed by atoms with Crippen molar-refractivity contribution >= 4 is 17.8 Å². The summed E-state index contributed by atoms with van der Waals surface area (Å²) in [6.07, 6.45) is 0.940. The summed E-state index contributed by atoms with van der Waals surface area (Å²) in [7, 11) is 0. The number of nitrogens with one attached hydrogen (secondary N) is 2. The minimum atomic E-state index is -0.787. The number of carbonyl (C=O) groups excluding carboxylic acids is 3. The summed E-state index contributed by atoms with van der Waals surface area (Å²) in [4.78, 5) is 38.4. The van der Waals surface area contributed by atoms with Crippen LogP contribution in [0.15, 0.2) is 91.0 Å². The first-order valence-corrected chi connectivity index (χ1v) is 11.8. The van der Waals surface area contributed by atoms with Crippen molar-refractivity contribution in [3.63, 3.8) is 0 Å². The molecule has 182 valence electrons. The van der Waals surface area contributed by atoms with Crippen molar-refractivity contribution in [3.8, 4) is 0 Å². The lowest BCUT2D eigenvalue weighted by atomic mass is 10.0. The Bertz CT molecular complexity index is 1090. The Balaban J connectivity index is 1.68. The molecule has 0 aliphatic rings. The maximum Gasteiger partial charge on any atom is 0.328 e. The summed E-state index contributed by atoms with van der Waals surface area (Å²) in [6, 6.07) is 26.2. The van der Waals surface area contributed by atoms with Gasteiger partial charge in [0.25, 0.3) is 11.8 Å². The van der Waals surface area contributed by atoms with Gasteiger partial charge in [0.2, 0.25) is 0 Å². The van der Waals surface area contributed by atoms with Crippen LogP contribution in [-0.2, 0) is 16.0 Å². The van der Waals surface area contributed by atoms with Crippen LogP contribution in [0.5, 0.6) is 0 Å². The number of esters is 1. The molecule has 2 atom stereocenters. The van der Waals surface area contributed by atoms with Crippen LogP contribution in [0.25, 0.3) is 0 Å². The van der Waals surface area contributed by atoms with Gasteiger partial charge in [-0.25, -0.2) is 4.79 Å². The van der Waals surface area contributed by atoms with E-state index in [-0.39, 0.29) is 24.3 Å². The Morgan fingerprint density at radius 3 is 1.71 bits per heavy atom. The summed E-state index contributed by atoms with van der Waals surface area (Å²) in [6.45, 7) is 3.95. The molecular weight excluding hydrogens is 440 g/mol. The van der Waals surface area contributed by atoms with E-state index < -0.39 is 18.1 Å². The SMILES string of the molecule is CC(C)CC(NC(=O)c1ccccc1)C(=O)OCC(Cc1ccccc1)NC(=O)c1ccccc1. The van der Waals surface area contributed by atoms with Gasteiger partial charge in [0.05, 0.1) is 6.04 Å². The molecular formula is C29H32N2O4. The van der Waals surface area contributed by atoms with Crippen LogP contribution in [0.3, 0.4) is 0 Å². The quantitative estimate of drug-likeness (QED) is 0.405. The molecule has 0 aromatic heterocycles. The highest BCUT2D eigenvalue weighted by Gasteiger charge is 2.25. The second-order valence-electron chi connectivity index (χ2n) is 8.88. The number of rotatable bonds is 11. The fraction of sp³-hybridized carbons (Fsp3) is 0.276. The van der Waals surface area contributed by atoms with Gasteiger partial charge in [-0.1, -0.05) is 80.6 Å². The minimum Gasteiger partial charge on any atom is -0.462 e. The fourth-order valence-corrected chi connectivity index (χ4v) is 3.71. The van der Waals surface area contributed by atoms with E-state index in [9.17, 15) is 14.4 Å². The van der Waals surface area contributed by atoms with E-state index in [1.807, 2.05) is 56.3 Å². The highest BCUT2D eigenvalue weighted by atomic mass is 16.5. The molecule has 2 amide bonds. The lowest BCUT2D eigenvalue weighted by Crippen LogP contribution is -2.45. The van der Waals surface area contributed by atoms with Crippen molar-refractivity contribution in [2.24, 2.45) is 5.92 Å². The third-order valence-corrected chi connectivity index (χ3v) is 5.46. The van der Waals surface area contributed by atoms with Crippen molar-refractivity contribution in [2.75, 3.05) is 6.61 Å². The predicted molar refractivity (Wildman–Crippen MR) is 136 cm³/mol. The molecule has 3 aromatic rings. The first kappa shape index (κ1) is 25.7. The Morgan fingerprint density at radius 1 is 0.714 bits per heavy atom. The Hall–Kier alpha value is -3.93. The molecule has 0 bridgehead atoms. The van der Waals surface area contributed by atoms with Gasteiger partial charge in [-0.15, -0.1) is 0 Å². The molecule has 3 rings (SSSR count). The van der Waals surface area contributed by atoms with Crippen molar-refractivity contribution in [2.45, 2.75) is 38.8 Å². The first-order chi connectivity index (χ1) is 16.9. The van der Waals surface area contributed by atoms with Crippen LogP contribution in [-0.4, -0.2) is 36.5 Å². The van der Waals surface area contributed by atoms with Crippen LogP contribution >= 0.6 is 0 Å². The monoisotopic (exact) mass is 472 g/mol. The minimum absolute atomic E-state index is 0.0118. The standard InChI is InChI=1S/C29H32N2O4/c1-21(2)18-26(31-28(33)24-16-10-5-11-17-24)29(34)35-20-25(19-22-12-6-3-7-13-22)30-27(32)23-14-8-4-9-15-23/h3-17,21,25-26H,18-20H2,1-2H3,(H,30,32)(H,31,33). The smallest absolute Gasteiger partial charge is 0.328 e. The molecule has 0 aliphatic carbocycles. The van der Waals surface area contributed by atoms with E-state index in [0.29, 0.717) is 24.0 Å². The average Bonchev–Trinajstić information content (AvgIpc) is 2.88. The molecule has 6 heteroatoms. The van der Waals surface area contributed by atoms with Gasteiger partial charge >= 0.3 is 5.97 Å².